The zero-order chi connectivity index (χ0) is 11.8. The monoisotopic (exact) mass is 211 g/mol. The number of hydrogen-bond acceptors (Lipinski definition) is 2. The highest BCUT2D eigenvalue weighted by Gasteiger charge is 2.23. The zero-order valence-corrected chi connectivity index (χ0v) is 9.94. The van der Waals surface area contributed by atoms with Crippen LogP contribution in [0.3, 0.4) is 0 Å². The smallest absolute Gasteiger partial charge is 0.152 e. The normalized spacial score (nSPS) is 11.6. The first-order valence-corrected chi connectivity index (χ1v) is 4.92. The molecule has 3 heteroatoms. The van der Waals surface area contributed by atoms with Crippen molar-refractivity contribution in [2.24, 2.45) is 0 Å². The van der Waals surface area contributed by atoms with Gasteiger partial charge in [0.1, 0.15) is 5.75 Å². The SMILES string of the molecule is COc1c(C(C)(C)C)cc(N)c(F)c1C. The maximum Gasteiger partial charge on any atom is 0.152 e. The molecule has 0 aliphatic rings. The molecule has 0 fully saturated rings. The number of nitrogen functional groups attached to an aromatic ring is 1. The summed E-state index contributed by atoms with van der Waals surface area (Å²) in [7, 11) is 1.55. The molecule has 0 heterocycles. The van der Waals surface area contributed by atoms with Gasteiger partial charge in [-0.3, -0.25) is 0 Å². The first kappa shape index (κ1) is 11.8. The molecule has 0 amide bonds. The molecule has 0 aliphatic carbocycles. The van der Waals surface area contributed by atoms with Crippen LogP contribution >= 0.6 is 0 Å². The predicted octanol–water partition coefficient (Wildman–Crippen LogP) is 3.02. The Hall–Kier alpha value is -1.25. The van der Waals surface area contributed by atoms with Crippen molar-refractivity contribution < 1.29 is 9.13 Å². The maximum atomic E-state index is 13.5. The third-order valence-electron chi connectivity index (χ3n) is 2.48. The number of methoxy groups -OCH3 is 1. The zero-order valence-electron chi connectivity index (χ0n) is 9.94. The molecule has 0 saturated carbocycles. The fourth-order valence-electron chi connectivity index (χ4n) is 1.62. The Labute approximate surface area is 90.2 Å². The van der Waals surface area contributed by atoms with Crippen molar-refractivity contribution in [3.05, 3.63) is 23.0 Å². The number of anilines is 1. The molecule has 2 nitrogen and oxygen atoms in total. The fraction of sp³-hybridized carbons (Fsp3) is 0.500. The minimum atomic E-state index is -0.389. The predicted molar refractivity (Wildman–Crippen MR) is 60.8 cm³/mol. The lowest BCUT2D eigenvalue weighted by Gasteiger charge is -2.24. The Bertz CT molecular complexity index is 380. The molecule has 1 aromatic rings. The fourth-order valence-corrected chi connectivity index (χ4v) is 1.62. The molecule has 0 radical (unpaired) electrons. The van der Waals surface area contributed by atoms with Crippen molar-refractivity contribution in [2.45, 2.75) is 33.1 Å². The molecule has 0 bridgehead atoms. The maximum absolute atomic E-state index is 13.5. The molecule has 0 spiro atoms. The van der Waals surface area contributed by atoms with Crippen LogP contribution in [0, 0.1) is 12.7 Å². The van der Waals surface area contributed by atoms with E-state index in [-0.39, 0.29) is 16.9 Å². The first-order valence-electron chi connectivity index (χ1n) is 4.92. The molecule has 1 rings (SSSR count). The number of ether oxygens (including phenoxy) is 1. The number of rotatable bonds is 1. The summed E-state index contributed by atoms with van der Waals surface area (Å²) < 4.78 is 18.8. The summed E-state index contributed by atoms with van der Waals surface area (Å²) >= 11 is 0. The van der Waals surface area contributed by atoms with Gasteiger partial charge in [0.05, 0.1) is 12.8 Å². The number of hydrogen-bond donors (Lipinski definition) is 1. The Kier molecular flexibility index (Phi) is 2.93. The second-order valence-corrected chi connectivity index (χ2v) is 4.74. The van der Waals surface area contributed by atoms with Crippen LogP contribution in [0.15, 0.2) is 6.07 Å². The van der Waals surface area contributed by atoms with Gasteiger partial charge in [-0.2, -0.15) is 0 Å². The summed E-state index contributed by atoms with van der Waals surface area (Å²) in [4.78, 5) is 0. The van der Waals surface area contributed by atoms with E-state index in [1.165, 1.54) is 0 Å². The van der Waals surface area contributed by atoms with E-state index < -0.39 is 0 Å². The minimum absolute atomic E-state index is 0.113. The summed E-state index contributed by atoms with van der Waals surface area (Å²) in [5.41, 5.74) is 7.08. The van der Waals surface area contributed by atoms with Crippen LogP contribution in [-0.4, -0.2) is 7.11 Å². The molecule has 0 aromatic heterocycles. The van der Waals surface area contributed by atoms with Crippen molar-refractivity contribution in [1.82, 2.24) is 0 Å². The van der Waals surface area contributed by atoms with Gasteiger partial charge >= 0.3 is 0 Å². The van der Waals surface area contributed by atoms with E-state index >= 15 is 0 Å². The van der Waals surface area contributed by atoms with Crippen molar-refractivity contribution >= 4 is 5.69 Å². The molecule has 0 atom stereocenters. The van der Waals surface area contributed by atoms with Gasteiger partial charge in [-0.1, -0.05) is 20.8 Å². The molecule has 2 N–H and O–H groups in total. The minimum Gasteiger partial charge on any atom is -0.496 e. The molecule has 0 saturated heterocycles. The van der Waals surface area contributed by atoms with Gasteiger partial charge in [-0.15, -0.1) is 0 Å². The third kappa shape index (κ3) is 2.06. The standard InChI is InChI=1S/C12H18FNO/c1-7-10(13)9(14)6-8(11(7)15-5)12(2,3)4/h6H,14H2,1-5H3. The molecule has 84 valence electrons. The van der Waals surface area contributed by atoms with E-state index in [1.807, 2.05) is 20.8 Å². The first-order chi connectivity index (χ1) is 6.79. The van der Waals surface area contributed by atoms with E-state index in [1.54, 1.807) is 20.1 Å². The number of benzene rings is 1. The van der Waals surface area contributed by atoms with Crippen molar-refractivity contribution in [3.8, 4) is 5.75 Å². The van der Waals surface area contributed by atoms with Crippen molar-refractivity contribution in [2.75, 3.05) is 12.8 Å². The van der Waals surface area contributed by atoms with Crippen LogP contribution in [-0.2, 0) is 5.41 Å². The van der Waals surface area contributed by atoms with Crippen molar-refractivity contribution in [1.29, 1.82) is 0 Å². The third-order valence-corrected chi connectivity index (χ3v) is 2.48. The van der Waals surface area contributed by atoms with Crippen LogP contribution in [0.5, 0.6) is 5.75 Å². The van der Waals surface area contributed by atoms with E-state index in [0.717, 1.165) is 5.56 Å². The summed E-state index contributed by atoms with van der Waals surface area (Å²) in [6.07, 6.45) is 0. The molecular weight excluding hydrogens is 193 g/mol. The highest BCUT2D eigenvalue weighted by atomic mass is 19.1. The van der Waals surface area contributed by atoms with Gasteiger partial charge in [-0.25, -0.2) is 4.39 Å². The van der Waals surface area contributed by atoms with E-state index in [0.29, 0.717) is 11.3 Å². The van der Waals surface area contributed by atoms with E-state index in [4.69, 9.17) is 10.5 Å². The Balaban J connectivity index is 3.53. The quantitative estimate of drug-likeness (QED) is 0.725. The molecule has 15 heavy (non-hydrogen) atoms. The lowest BCUT2D eigenvalue weighted by atomic mass is 9.85. The van der Waals surface area contributed by atoms with Crippen LogP contribution in [0.25, 0.3) is 0 Å². The lowest BCUT2D eigenvalue weighted by molar-refractivity contribution is 0.390. The number of halogens is 1. The van der Waals surface area contributed by atoms with Crippen LogP contribution in [0.2, 0.25) is 0 Å². The van der Waals surface area contributed by atoms with Crippen molar-refractivity contribution in [3.63, 3.8) is 0 Å². The summed E-state index contributed by atoms with van der Waals surface area (Å²) in [6, 6.07) is 1.65. The van der Waals surface area contributed by atoms with Gasteiger partial charge in [0.2, 0.25) is 0 Å². The molecule has 1 aromatic carbocycles. The van der Waals surface area contributed by atoms with Gasteiger partial charge in [0, 0.05) is 11.1 Å². The van der Waals surface area contributed by atoms with Gasteiger partial charge in [0.15, 0.2) is 5.82 Å². The average molecular weight is 211 g/mol. The lowest BCUT2D eigenvalue weighted by Crippen LogP contribution is -2.15. The van der Waals surface area contributed by atoms with Gasteiger partial charge in [-0.05, 0) is 18.4 Å². The largest absolute Gasteiger partial charge is 0.496 e. The van der Waals surface area contributed by atoms with Crippen LogP contribution in [0.1, 0.15) is 31.9 Å². The Morgan fingerprint density at radius 3 is 2.27 bits per heavy atom. The Morgan fingerprint density at radius 1 is 1.33 bits per heavy atom. The van der Waals surface area contributed by atoms with Crippen LogP contribution in [0.4, 0.5) is 10.1 Å². The Morgan fingerprint density at radius 2 is 1.87 bits per heavy atom. The van der Waals surface area contributed by atoms with E-state index in [2.05, 4.69) is 0 Å². The van der Waals surface area contributed by atoms with Gasteiger partial charge < -0.3 is 10.5 Å². The second kappa shape index (κ2) is 3.72. The summed E-state index contributed by atoms with van der Waals surface area (Å²) in [6.45, 7) is 7.81. The average Bonchev–Trinajstić information content (AvgIpc) is 2.12. The summed E-state index contributed by atoms with van der Waals surface area (Å²) in [5.74, 6) is 0.203. The number of nitrogens with two attached hydrogens (primary N) is 1. The summed E-state index contributed by atoms with van der Waals surface area (Å²) in [5, 5.41) is 0. The highest BCUT2D eigenvalue weighted by Crippen LogP contribution is 2.37. The molecule has 0 aliphatic heterocycles. The topological polar surface area (TPSA) is 35.2 Å². The second-order valence-electron chi connectivity index (χ2n) is 4.74. The molecular formula is C12H18FNO. The van der Waals surface area contributed by atoms with Gasteiger partial charge in [0.25, 0.3) is 0 Å². The van der Waals surface area contributed by atoms with Crippen LogP contribution < -0.4 is 10.5 Å². The molecule has 0 unspecified atom stereocenters. The van der Waals surface area contributed by atoms with E-state index in [9.17, 15) is 4.39 Å². The highest BCUT2D eigenvalue weighted by molar-refractivity contribution is 5.56.